The molecule has 28 heavy (non-hydrogen) atoms. The average molecular weight is 375 g/mol. The third-order valence-corrected chi connectivity index (χ3v) is 5.22. The van der Waals surface area contributed by atoms with Crippen LogP contribution in [-0.2, 0) is 24.3 Å². The number of pyridine rings is 2. The van der Waals surface area contributed by atoms with Gasteiger partial charge in [0.1, 0.15) is 11.8 Å². The van der Waals surface area contributed by atoms with Gasteiger partial charge in [-0.2, -0.15) is 0 Å². The first-order valence-electron chi connectivity index (χ1n) is 9.34. The van der Waals surface area contributed by atoms with Crippen molar-refractivity contribution in [2.75, 3.05) is 5.32 Å². The Hall–Kier alpha value is -3.06. The molecular formula is C21H21N5O2. The van der Waals surface area contributed by atoms with Crippen molar-refractivity contribution in [3.05, 3.63) is 53.2 Å². The van der Waals surface area contributed by atoms with Crippen LogP contribution in [0.3, 0.4) is 0 Å². The monoisotopic (exact) mass is 375 g/mol. The van der Waals surface area contributed by atoms with Crippen molar-refractivity contribution in [2.24, 2.45) is 0 Å². The second-order valence-corrected chi connectivity index (χ2v) is 7.78. The summed E-state index contributed by atoms with van der Waals surface area (Å²) in [6.07, 6.45) is 5.94. The van der Waals surface area contributed by atoms with E-state index in [-0.39, 0.29) is 5.60 Å². The fourth-order valence-electron chi connectivity index (χ4n) is 3.78. The number of fused-ring (bicyclic) bond motifs is 5. The molecular weight excluding hydrogens is 354 g/mol. The minimum atomic E-state index is -0.230. The summed E-state index contributed by atoms with van der Waals surface area (Å²) in [5.74, 6) is 0.657. The molecule has 0 bridgehead atoms. The number of hydrogen-bond acceptors (Lipinski definition) is 7. The van der Waals surface area contributed by atoms with Gasteiger partial charge in [0.25, 0.3) is 0 Å². The van der Waals surface area contributed by atoms with E-state index in [4.69, 9.17) is 9.15 Å². The van der Waals surface area contributed by atoms with Crippen molar-refractivity contribution in [3.8, 4) is 0 Å². The Morgan fingerprint density at radius 3 is 2.93 bits per heavy atom. The molecule has 1 N–H and O–H groups in total. The van der Waals surface area contributed by atoms with E-state index in [1.165, 1.54) is 5.56 Å². The molecule has 7 heteroatoms. The molecule has 4 aromatic rings. The van der Waals surface area contributed by atoms with Crippen LogP contribution in [0.15, 0.2) is 35.3 Å². The van der Waals surface area contributed by atoms with Crippen LogP contribution in [-0.4, -0.2) is 25.5 Å². The maximum absolute atomic E-state index is 6.13. The molecule has 1 aliphatic rings. The smallest absolute Gasteiger partial charge is 0.229 e. The Bertz CT molecular complexity index is 1180. The molecule has 5 heterocycles. The summed E-state index contributed by atoms with van der Waals surface area (Å²) in [4.78, 5) is 17.8. The molecule has 1 aliphatic heterocycles. The van der Waals surface area contributed by atoms with Crippen molar-refractivity contribution >= 4 is 28.0 Å². The largest absolute Gasteiger partial charge is 0.432 e. The Morgan fingerprint density at radius 2 is 2.11 bits per heavy atom. The van der Waals surface area contributed by atoms with Gasteiger partial charge in [-0.1, -0.05) is 6.07 Å². The summed E-state index contributed by atoms with van der Waals surface area (Å²) in [6.45, 7) is 7.37. The van der Waals surface area contributed by atoms with Crippen molar-refractivity contribution in [3.63, 3.8) is 0 Å². The summed E-state index contributed by atoms with van der Waals surface area (Å²) in [5, 5.41) is 4.31. The number of nitrogens with zero attached hydrogens (tertiary/aromatic N) is 4. The lowest BCUT2D eigenvalue weighted by Gasteiger charge is -2.32. The molecule has 0 saturated heterocycles. The molecule has 7 nitrogen and oxygen atoms in total. The first kappa shape index (κ1) is 17.1. The van der Waals surface area contributed by atoms with Gasteiger partial charge in [0, 0.05) is 36.6 Å². The maximum atomic E-state index is 6.13. The molecule has 5 rings (SSSR count). The van der Waals surface area contributed by atoms with Gasteiger partial charge in [0.05, 0.1) is 17.6 Å². The molecule has 0 atom stereocenters. The van der Waals surface area contributed by atoms with E-state index in [2.05, 4.69) is 39.1 Å². The van der Waals surface area contributed by atoms with E-state index in [1.807, 2.05) is 25.3 Å². The normalized spacial score (nSPS) is 15.7. The average Bonchev–Trinajstić information content (AvgIpc) is 3.05. The number of aryl methyl sites for hydroxylation is 1. The van der Waals surface area contributed by atoms with Crippen molar-refractivity contribution < 1.29 is 9.15 Å². The van der Waals surface area contributed by atoms with Crippen molar-refractivity contribution in [2.45, 2.75) is 45.9 Å². The highest BCUT2D eigenvalue weighted by Crippen LogP contribution is 2.39. The maximum Gasteiger partial charge on any atom is 0.229 e. The molecule has 0 spiro atoms. The van der Waals surface area contributed by atoms with Crippen LogP contribution < -0.4 is 5.32 Å². The van der Waals surface area contributed by atoms with Crippen molar-refractivity contribution in [1.82, 2.24) is 19.9 Å². The Balaban J connectivity index is 1.65. The third-order valence-electron chi connectivity index (χ3n) is 5.22. The van der Waals surface area contributed by atoms with Gasteiger partial charge in [-0.3, -0.25) is 4.98 Å². The predicted octanol–water partition coefficient (Wildman–Crippen LogP) is 3.94. The zero-order valence-electron chi connectivity index (χ0n) is 16.1. The molecule has 0 aliphatic carbocycles. The number of furan rings is 1. The van der Waals surface area contributed by atoms with E-state index < -0.39 is 0 Å². The topological polar surface area (TPSA) is 86.0 Å². The van der Waals surface area contributed by atoms with Crippen LogP contribution in [0, 0.1) is 6.92 Å². The number of nitrogens with one attached hydrogen (secondary N) is 1. The van der Waals surface area contributed by atoms with E-state index in [0.717, 1.165) is 34.1 Å². The Morgan fingerprint density at radius 1 is 1.21 bits per heavy atom. The summed E-state index contributed by atoms with van der Waals surface area (Å²) < 4.78 is 12.1. The number of hydrogen-bond donors (Lipinski definition) is 1. The second-order valence-electron chi connectivity index (χ2n) is 7.78. The number of ether oxygens (including phenoxy) is 1. The van der Waals surface area contributed by atoms with Crippen LogP contribution >= 0.6 is 0 Å². The summed E-state index contributed by atoms with van der Waals surface area (Å²) in [7, 11) is 0. The first-order valence-corrected chi connectivity index (χ1v) is 9.34. The lowest BCUT2D eigenvalue weighted by atomic mass is 9.89. The van der Waals surface area contributed by atoms with Gasteiger partial charge >= 0.3 is 0 Å². The molecule has 0 radical (unpaired) electrons. The van der Waals surface area contributed by atoms with Gasteiger partial charge in [0.15, 0.2) is 11.4 Å². The minimum Gasteiger partial charge on any atom is -0.432 e. The highest BCUT2D eigenvalue weighted by Gasteiger charge is 2.31. The van der Waals surface area contributed by atoms with Crippen LogP contribution in [0.2, 0.25) is 0 Å². The number of aromatic nitrogens is 4. The zero-order valence-corrected chi connectivity index (χ0v) is 16.1. The molecule has 142 valence electrons. The zero-order chi connectivity index (χ0) is 19.3. The number of anilines is 1. The van der Waals surface area contributed by atoms with E-state index in [1.54, 1.807) is 12.5 Å². The Labute approximate surface area is 162 Å². The number of rotatable bonds is 3. The Kier molecular flexibility index (Phi) is 3.80. The lowest BCUT2D eigenvalue weighted by Crippen LogP contribution is -2.32. The molecule has 0 fully saturated rings. The standard InChI is InChI=1S/C21H21N5O2/c1-12-15-10-27-21(2,3)7-14(15)16-17-18(28-20(16)26-12)19(25-11-24-17)23-9-13-5-4-6-22-8-13/h4-6,8,11H,7,9-10H2,1-3H3,(H,23,24,25). The molecule has 0 saturated carbocycles. The van der Waals surface area contributed by atoms with Gasteiger partial charge in [-0.15, -0.1) is 0 Å². The minimum absolute atomic E-state index is 0.230. The van der Waals surface area contributed by atoms with Crippen LogP contribution in [0.1, 0.15) is 36.2 Å². The summed E-state index contributed by atoms with van der Waals surface area (Å²) >= 11 is 0. The van der Waals surface area contributed by atoms with Gasteiger partial charge in [0.2, 0.25) is 5.71 Å². The highest BCUT2D eigenvalue weighted by atomic mass is 16.5. The summed E-state index contributed by atoms with van der Waals surface area (Å²) in [6, 6.07) is 3.93. The fraction of sp³-hybridized carbons (Fsp3) is 0.333. The summed E-state index contributed by atoms with van der Waals surface area (Å²) in [5.41, 5.74) is 6.16. The van der Waals surface area contributed by atoms with E-state index in [0.29, 0.717) is 30.3 Å². The van der Waals surface area contributed by atoms with E-state index >= 15 is 0 Å². The highest BCUT2D eigenvalue weighted by molar-refractivity contribution is 6.06. The van der Waals surface area contributed by atoms with Crippen molar-refractivity contribution in [1.29, 1.82) is 0 Å². The lowest BCUT2D eigenvalue weighted by molar-refractivity contribution is -0.0400. The fourth-order valence-corrected chi connectivity index (χ4v) is 3.78. The molecule has 0 aromatic carbocycles. The van der Waals surface area contributed by atoms with Gasteiger partial charge < -0.3 is 14.5 Å². The van der Waals surface area contributed by atoms with Gasteiger partial charge in [-0.05, 0) is 38.0 Å². The van der Waals surface area contributed by atoms with Gasteiger partial charge in [-0.25, -0.2) is 15.0 Å². The third kappa shape index (κ3) is 2.79. The second kappa shape index (κ2) is 6.24. The SMILES string of the molecule is Cc1nc2oc3c(NCc4cccnc4)ncnc3c2c2c1COC(C)(C)C2. The van der Waals surface area contributed by atoms with Crippen LogP contribution in [0.5, 0.6) is 0 Å². The molecule has 0 unspecified atom stereocenters. The van der Waals surface area contributed by atoms with Crippen LogP contribution in [0.25, 0.3) is 22.2 Å². The van der Waals surface area contributed by atoms with E-state index in [9.17, 15) is 0 Å². The first-order chi connectivity index (χ1) is 13.5. The van der Waals surface area contributed by atoms with Crippen LogP contribution in [0.4, 0.5) is 5.82 Å². The quantitative estimate of drug-likeness (QED) is 0.580. The molecule has 0 amide bonds. The predicted molar refractivity (Wildman–Crippen MR) is 106 cm³/mol. The molecule has 4 aromatic heterocycles.